The highest BCUT2D eigenvalue weighted by atomic mass is 32.1. The Morgan fingerprint density at radius 1 is 1.20 bits per heavy atom. The third-order valence-corrected chi connectivity index (χ3v) is 4.50. The third kappa shape index (κ3) is 4.12. The molecule has 0 aliphatic rings. The van der Waals surface area contributed by atoms with Crippen LogP contribution in [-0.2, 0) is 16.1 Å². The summed E-state index contributed by atoms with van der Waals surface area (Å²) in [5.74, 6) is 1.36. The Bertz CT molecular complexity index is 864. The molecule has 3 rings (SSSR count). The number of benzene rings is 1. The molecule has 6 nitrogen and oxygen atoms in total. The van der Waals surface area contributed by atoms with Gasteiger partial charge in [-0.1, -0.05) is 30.3 Å². The minimum absolute atomic E-state index is 0.0461. The van der Waals surface area contributed by atoms with Crippen molar-refractivity contribution in [2.75, 3.05) is 25.5 Å². The number of methoxy groups -OCH3 is 1. The van der Waals surface area contributed by atoms with E-state index in [9.17, 15) is 4.79 Å². The Hall–Kier alpha value is -2.51. The van der Waals surface area contributed by atoms with Gasteiger partial charge in [0.15, 0.2) is 5.82 Å². The summed E-state index contributed by atoms with van der Waals surface area (Å²) in [6.45, 7) is 2.98. The SMILES string of the molecule is COCc1nc(NCCNC(C)=O)c2c(-c3ccccc3)csc2n1. The fourth-order valence-corrected chi connectivity index (χ4v) is 3.52. The lowest BCUT2D eigenvalue weighted by Crippen LogP contribution is -2.26. The second kappa shape index (κ2) is 8.04. The maximum atomic E-state index is 11.0. The zero-order chi connectivity index (χ0) is 17.6. The summed E-state index contributed by atoms with van der Waals surface area (Å²) in [5.41, 5.74) is 2.23. The van der Waals surface area contributed by atoms with Gasteiger partial charge in [0.2, 0.25) is 5.91 Å². The predicted octanol–water partition coefficient (Wildman–Crippen LogP) is 3.05. The van der Waals surface area contributed by atoms with Crippen LogP contribution in [0.15, 0.2) is 35.7 Å². The molecule has 0 bridgehead atoms. The van der Waals surface area contributed by atoms with E-state index in [4.69, 9.17) is 4.74 Å². The molecule has 0 unspecified atom stereocenters. The molecular formula is C18H20N4O2S. The number of ether oxygens (including phenoxy) is 1. The van der Waals surface area contributed by atoms with Gasteiger partial charge in [0.25, 0.3) is 0 Å². The second-order valence-corrected chi connectivity index (χ2v) is 6.38. The van der Waals surface area contributed by atoms with Gasteiger partial charge in [0.05, 0.1) is 5.39 Å². The number of aromatic nitrogens is 2. The molecule has 0 saturated heterocycles. The normalized spacial score (nSPS) is 10.8. The van der Waals surface area contributed by atoms with Crippen molar-refractivity contribution >= 4 is 33.3 Å². The molecule has 0 spiro atoms. The Labute approximate surface area is 150 Å². The number of nitrogens with zero attached hydrogens (tertiary/aromatic N) is 2. The molecule has 2 heterocycles. The first-order chi connectivity index (χ1) is 12.2. The topological polar surface area (TPSA) is 76.1 Å². The first-order valence-corrected chi connectivity index (χ1v) is 8.87. The monoisotopic (exact) mass is 356 g/mol. The fraction of sp³-hybridized carbons (Fsp3) is 0.278. The summed E-state index contributed by atoms with van der Waals surface area (Å²) < 4.78 is 5.18. The Morgan fingerprint density at radius 2 is 2.00 bits per heavy atom. The first kappa shape index (κ1) is 17.3. The molecule has 0 atom stereocenters. The van der Waals surface area contributed by atoms with Crippen molar-refractivity contribution in [2.45, 2.75) is 13.5 Å². The standard InChI is InChI=1S/C18H20N4O2S/c1-12(23)19-8-9-20-17-16-14(13-6-4-3-5-7-13)11-25-18(16)22-15(21-17)10-24-2/h3-7,11H,8-10H2,1-2H3,(H,19,23)(H,20,21,22). The Morgan fingerprint density at radius 3 is 2.72 bits per heavy atom. The minimum Gasteiger partial charge on any atom is -0.377 e. The van der Waals surface area contributed by atoms with Gasteiger partial charge >= 0.3 is 0 Å². The van der Waals surface area contributed by atoms with Gasteiger partial charge in [-0.15, -0.1) is 11.3 Å². The lowest BCUT2D eigenvalue weighted by molar-refractivity contribution is -0.118. The number of rotatable bonds is 7. The van der Waals surface area contributed by atoms with Gasteiger partial charge in [0, 0.05) is 38.1 Å². The van der Waals surface area contributed by atoms with Gasteiger partial charge in [-0.25, -0.2) is 9.97 Å². The summed E-state index contributed by atoms with van der Waals surface area (Å²) in [6.07, 6.45) is 0. The maximum Gasteiger partial charge on any atom is 0.216 e. The zero-order valence-electron chi connectivity index (χ0n) is 14.2. The van der Waals surface area contributed by atoms with Crippen molar-refractivity contribution in [3.05, 3.63) is 41.5 Å². The van der Waals surface area contributed by atoms with E-state index in [0.717, 1.165) is 27.2 Å². The van der Waals surface area contributed by atoms with Crippen molar-refractivity contribution in [3.8, 4) is 11.1 Å². The van der Waals surface area contributed by atoms with Crippen molar-refractivity contribution in [3.63, 3.8) is 0 Å². The van der Waals surface area contributed by atoms with Crippen LogP contribution in [0.25, 0.3) is 21.3 Å². The molecule has 2 N–H and O–H groups in total. The average Bonchev–Trinajstić information content (AvgIpc) is 3.03. The summed E-state index contributed by atoms with van der Waals surface area (Å²) in [6, 6.07) is 10.2. The zero-order valence-corrected chi connectivity index (χ0v) is 15.0. The predicted molar refractivity (Wildman–Crippen MR) is 101 cm³/mol. The van der Waals surface area contributed by atoms with Crippen LogP contribution < -0.4 is 10.6 Å². The number of carbonyl (C=O) groups excluding carboxylic acids is 1. The molecule has 25 heavy (non-hydrogen) atoms. The number of carbonyl (C=O) groups is 1. The first-order valence-electron chi connectivity index (χ1n) is 8.00. The van der Waals surface area contributed by atoms with Crippen LogP contribution in [-0.4, -0.2) is 36.1 Å². The van der Waals surface area contributed by atoms with E-state index in [1.807, 2.05) is 18.2 Å². The van der Waals surface area contributed by atoms with Crippen LogP contribution in [0.1, 0.15) is 12.7 Å². The van der Waals surface area contributed by atoms with Crippen molar-refractivity contribution in [1.82, 2.24) is 15.3 Å². The smallest absolute Gasteiger partial charge is 0.216 e. The molecule has 0 aliphatic heterocycles. The minimum atomic E-state index is -0.0461. The largest absolute Gasteiger partial charge is 0.377 e. The van der Waals surface area contributed by atoms with Crippen LogP contribution >= 0.6 is 11.3 Å². The summed E-state index contributed by atoms with van der Waals surface area (Å²) in [7, 11) is 1.63. The number of hydrogen-bond acceptors (Lipinski definition) is 6. The quantitative estimate of drug-likeness (QED) is 0.636. The van der Waals surface area contributed by atoms with Crippen LogP contribution in [0, 0.1) is 0 Å². The molecular weight excluding hydrogens is 336 g/mol. The third-order valence-electron chi connectivity index (χ3n) is 3.63. The lowest BCUT2D eigenvalue weighted by atomic mass is 10.1. The van der Waals surface area contributed by atoms with E-state index in [-0.39, 0.29) is 5.91 Å². The highest BCUT2D eigenvalue weighted by Gasteiger charge is 2.15. The number of amides is 1. The average molecular weight is 356 g/mol. The van der Waals surface area contributed by atoms with Crippen molar-refractivity contribution < 1.29 is 9.53 Å². The molecule has 0 radical (unpaired) electrons. The fourth-order valence-electron chi connectivity index (χ4n) is 2.56. The van der Waals surface area contributed by atoms with E-state index < -0.39 is 0 Å². The highest BCUT2D eigenvalue weighted by molar-refractivity contribution is 7.17. The number of fused-ring (bicyclic) bond motifs is 1. The molecule has 0 aliphatic carbocycles. The van der Waals surface area contributed by atoms with Gasteiger partial charge < -0.3 is 15.4 Å². The number of hydrogen-bond donors (Lipinski definition) is 2. The number of nitrogens with one attached hydrogen (secondary N) is 2. The highest BCUT2D eigenvalue weighted by Crippen LogP contribution is 2.36. The maximum absolute atomic E-state index is 11.0. The second-order valence-electron chi connectivity index (χ2n) is 5.53. The van der Waals surface area contributed by atoms with E-state index in [2.05, 4.69) is 38.1 Å². The Balaban J connectivity index is 1.98. The lowest BCUT2D eigenvalue weighted by Gasteiger charge is -2.11. The molecule has 7 heteroatoms. The van der Waals surface area contributed by atoms with Crippen LogP contribution in [0.2, 0.25) is 0 Å². The summed E-state index contributed by atoms with van der Waals surface area (Å²) >= 11 is 1.59. The number of thiophene rings is 1. The van der Waals surface area contributed by atoms with Crippen LogP contribution in [0.3, 0.4) is 0 Å². The van der Waals surface area contributed by atoms with Gasteiger partial charge in [0.1, 0.15) is 17.3 Å². The molecule has 0 fully saturated rings. The Kier molecular flexibility index (Phi) is 5.57. The van der Waals surface area contributed by atoms with E-state index >= 15 is 0 Å². The van der Waals surface area contributed by atoms with Crippen LogP contribution in [0.5, 0.6) is 0 Å². The van der Waals surface area contributed by atoms with Gasteiger partial charge in [-0.05, 0) is 5.56 Å². The van der Waals surface area contributed by atoms with E-state index in [1.54, 1.807) is 18.4 Å². The summed E-state index contributed by atoms with van der Waals surface area (Å²) in [4.78, 5) is 21.2. The van der Waals surface area contributed by atoms with Crippen LogP contribution in [0.4, 0.5) is 5.82 Å². The molecule has 1 aromatic carbocycles. The van der Waals surface area contributed by atoms with Crippen molar-refractivity contribution in [2.24, 2.45) is 0 Å². The molecule has 2 aromatic heterocycles. The molecule has 130 valence electrons. The molecule has 3 aromatic rings. The van der Waals surface area contributed by atoms with E-state index in [0.29, 0.717) is 25.5 Å². The van der Waals surface area contributed by atoms with Gasteiger partial charge in [-0.3, -0.25) is 4.79 Å². The number of anilines is 1. The van der Waals surface area contributed by atoms with E-state index in [1.165, 1.54) is 6.92 Å². The molecule has 0 saturated carbocycles. The van der Waals surface area contributed by atoms with Crippen molar-refractivity contribution in [1.29, 1.82) is 0 Å². The molecule has 1 amide bonds. The summed E-state index contributed by atoms with van der Waals surface area (Å²) in [5, 5.41) is 9.20. The van der Waals surface area contributed by atoms with Gasteiger partial charge in [-0.2, -0.15) is 0 Å².